The van der Waals surface area contributed by atoms with Crippen molar-refractivity contribution in [1.29, 1.82) is 0 Å². The second kappa shape index (κ2) is 8.31. The van der Waals surface area contributed by atoms with Crippen LogP contribution in [-0.2, 0) is 0 Å². The molecule has 1 heterocycles. The van der Waals surface area contributed by atoms with Gasteiger partial charge in [0.1, 0.15) is 5.76 Å². The molecule has 28 heavy (non-hydrogen) atoms. The molecule has 0 atom stereocenters. The van der Waals surface area contributed by atoms with Crippen LogP contribution in [-0.4, -0.2) is 20.1 Å². The number of aromatic nitrogens is 3. The van der Waals surface area contributed by atoms with Gasteiger partial charge in [-0.05, 0) is 19.9 Å². The summed E-state index contributed by atoms with van der Waals surface area (Å²) >= 11 is 0. The second-order valence-corrected chi connectivity index (χ2v) is 6.36. The zero-order valence-corrected chi connectivity index (χ0v) is 16.0. The van der Waals surface area contributed by atoms with Gasteiger partial charge in [0.25, 0.3) is 0 Å². The minimum absolute atomic E-state index is 0.0515. The van der Waals surface area contributed by atoms with Gasteiger partial charge in [-0.2, -0.15) is 9.97 Å². The Balaban J connectivity index is 2.22. The van der Waals surface area contributed by atoms with Gasteiger partial charge in [-0.3, -0.25) is 4.90 Å². The average Bonchev–Trinajstić information content (AvgIpc) is 2.68. The molecule has 3 aromatic rings. The third kappa shape index (κ3) is 4.32. The predicted octanol–water partition coefficient (Wildman–Crippen LogP) is 5.52. The standard InChI is InChI=1S/C23H22N4O/c1-16(2)27(17(3)15-18(4)28)23-25-21(19-11-7-5-8-12-19)24-22(26-23)20-13-9-6-10-14-20/h5-15,28H,1,4H2,2-3H3/b17-15+. The molecule has 2 aromatic carbocycles. The monoisotopic (exact) mass is 370 g/mol. The lowest BCUT2D eigenvalue weighted by atomic mass is 10.2. The van der Waals surface area contributed by atoms with E-state index in [4.69, 9.17) is 0 Å². The van der Waals surface area contributed by atoms with Crippen LogP contribution < -0.4 is 4.90 Å². The number of benzene rings is 2. The first-order valence-corrected chi connectivity index (χ1v) is 8.84. The van der Waals surface area contributed by atoms with Crippen LogP contribution in [0.4, 0.5) is 5.95 Å². The Kier molecular flexibility index (Phi) is 5.65. The number of rotatable bonds is 6. The molecule has 0 spiro atoms. The molecule has 3 rings (SSSR count). The average molecular weight is 370 g/mol. The third-order valence-electron chi connectivity index (χ3n) is 4.00. The van der Waals surface area contributed by atoms with Crippen molar-refractivity contribution in [3.8, 4) is 22.8 Å². The quantitative estimate of drug-likeness (QED) is 0.457. The highest BCUT2D eigenvalue weighted by Gasteiger charge is 2.17. The molecule has 140 valence electrons. The van der Waals surface area contributed by atoms with Gasteiger partial charge in [-0.1, -0.05) is 73.8 Å². The SMILES string of the molecule is C=C(O)/C=C(\C)N(C(=C)C)c1nc(-c2ccccc2)nc(-c2ccccc2)n1. The van der Waals surface area contributed by atoms with Crippen LogP contribution >= 0.6 is 0 Å². The smallest absolute Gasteiger partial charge is 0.238 e. The highest BCUT2D eigenvalue weighted by atomic mass is 16.3. The lowest BCUT2D eigenvalue weighted by Gasteiger charge is -2.24. The predicted molar refractivity (Wildman–Crippen MR) is 114 cm³/mol. The lowest BCUT2D eigenvalue weighted by molar-refractivity contribution is 0.434. The van der Waals surface area contributed by atoms with E-state index >= 15 is 0 Å². The molecule has 1 aromatic heterocycles. The fraction of sp³-hybridized carbons (Fsp3) is 0.0870. The molecule has 0 bridgehead atoms. The Morgan fingerprint density at radius 2 is 1.29 bits per heavy atom. The van der Waals surface area contributed by atoms with E-state index in [-0.39, 0.29) is 5.76 Å². The molecular weight excluding hydrogens is 348 g/mol. The van der Waals surface area contributed by atoms with Crippen molar-refractivity contribution in [2.24, 2.45) is 0 Å². The normalized spacial score (nSPS) is 11.1. The molecule has 0 aliphatic heterocycles. The number of anilines is 1. The number of aliphatic hydroxyl groups excluding tert-OH is 1. The van der Waals surface area contributed by atoms with Gasteiger partial charge >= 0.3 is 0 Å². The molecule has 0 aliphatic rings. The van der Waals surface area contributed by atoms with Gasteiger partial charge in [0.05, 0.1) is 0 Å². The Morgan fingerprint density at radius 3 is 1.68 bits per heavy atom. The summed E-state index contributed by atoms with van der Waals surface area (Å²) in [5.41, 5.74) is 3.18. The molecule has 0 amide bonds. The third-order valence-corrected chi connectivity index (χ3v) is 4.00. The van der Waals surface area contributed by atoms with Crippen LogP contribution in [0.3, 0.4) is 0 Å². The van der Waals surface area contributed by atoms with Crippen molar-refractivity contribution in [1.82, 2.24) is 15.0 Å². The van der Waals surface area contributed by atoms with Crippen LogP contribution in [0.2, 0.25) is 0 Å². The van der Waals surface area contributed by atoms with Crippen molar-refractivity contribution in [3.05, 3.63) is 97.1 Å². The first kappa shape index (κ1) is 19.0. The summed E-state index contributed by atoms with van der Waals surface area (Å²) in [6.07, 6.45) is 1.54. The van der Waals surface area contributed by atoms with E-state index in [1.54, 1.807) is 11.0 Å². The van der Waals surface area contributed by atoms with E-state index in [0.717, 1.165) is 11.1 Å². The fourth-order valence-electron chi connectivity index (χ4n) is 2.83. The molecule has 5 heteroatoms. The molecule has 1 N–H and O–H groups in total. The summed E-state index contributed by atoms with van der Waals surface area (Å²) in [6.45, 7) is 11.3. The number of hydrogen-bond donors (Lipinski definition) is 1. The Morgan fingerprint density at radius 1 is 0.821 bits per heavy atom. The highest BCUT2D eigenvalue weighted by Crippen LogP contribution is 2.26. The molecule has 0 unspecified atom stereocenters. The van der Waals surface area contributed by atoms with Crippen molar-refractivity contribution >= 4 is 5.95 Å². The van der Waals surface area contributed by atoms with Gasteiger partial charge in [-0.25, -0.2) is 4.98 Å². The van der Waals surface area contributed by atoms with E-state index in [1.807, 2.05) is 74.5 Å². The summed E-state index contributed by atoms with van der Waals surface area (Å²) in [4.78, 5) is 15.8. The molecule has 0 saturated carbocycles. The highest BCUT2D eigenvalue weighted by molar-refractivity contribution is 5.64. The van der Waals surface area contributed by atoms with Gasteiger partial charge in [0.15, 0.2) is 11.6 Å². The molecule has 0 saturated heterocycles. The maximum atomic E-state index is 9.59. The van der Waals surface area contributed by atoms with E-state index in [2.05, 4.69) is 28.1 Å². The number of hydrogen-bond acceptors (Lipinski definition) is 5. The van der Waals surface area contributed by atoms with Crippen molar-refractivity contribution in [2.75, 3.05) is 4.90 Å². The molecule has 0 radical (unpaired) electrons. The minimum Gasteiger partial charge on any atom is -0.509 e. The van der Waals surface area contributed by atoms with E-state index in [1.165, 1.54) is 0 Å². The maximum absolute atomic E-state index is 9.59. The minimum atomic E-state index is -0.0515. The van der Waals surface area contributed by atoms with Crippen LogP contribution in [0.5, 0.6) is 0 Å². The number of allylic oxidation sites excluding steroid dienone is 3. The zero-order valence-electron chi connectivity index (χ0n) is 16.0. The van der Waals surface area contributed by atoms with Crippen LogP contribution in [0, 0.1) is 0 Å². The summed E-state index contributed by atoms with van der Waals surface area (Å²) < 4.78 is 0. The van der Waals surface area contributed by atoms with Gasteiger partial charge in [0, 0.05) is 22.5 Å². The maximum Gasteiger partial charge on any atom is 0.238 e. The zero-order chi connectivity index (χ0) is 20.1. The Labute approximate surface area is 165 Å². The van der Waals surface area contributed by atoms with Crippen LogP contribution in [0.15, 0.2) is 97.1 Å². The van der Waals surface area contributed by atoms with Crippen LogP contribution in [0.25, 0.3) is 22.8 Å². The fourth-order valence-corrected chi connectivity index (χ4v) is 2.83. The summed E-state index contributed by atoms with van der Waals surface area (Å²) in [5, 5.41) is 9.59. The molecule has 0 fully saturated rings. The van der Waals surface area contributed by atoms with Crippen molar-refractivity contribution < 1.29 is 5.11 Å². The lowest BCUT2D eigenvalue weighted by Crippen LogP contribution is -2.21. The van der Waals surface area contributed by atoms with E-state index < -0.39 is 0 Å². The van der Waals surface area contributed by atoms with Crippen molar-refractivity contribution in [2.45, 2.75) is 13.8 Å². The largest absolute Gasteiger partial charge is 0.509 e. The molecular formula is C23H22N4O. The van der Waals surface area contributed by atoms with E-state index in [9.17, 15) is 5.11 Å². The van der Waals surface area contributed by atoms with E-state index in [0.29, 0.717) is 29.0 Å². The Bertz CT molecular complexity index is 969. The van der Waals surface area contributed by atoms with Gasteiger partial charge in [-0.15, -0.1) is 0 Å². The van der Waals surface area contributed by atoms with Gasteiger partial charge < -0.3 is 5.11 Å². The first-order valence-electron chi connectivity index (χ1n) is 8.84. The second-order valence-electron chi connectivity index (χ2n) is 6.36. The summed E-state index contributed by atoms with van der Waals surface area (Å²) in [7, 11) is 0. The summed E-state index contributed by atoms with van der Waals surface area (Å²) in [5.74, 6) is 1.50. The molecule has 0 aliphatic carbocycles. The van der Waals surface area contributed by atoms with Crippen LogP contribution in [0.1, 0.15) is 13.8 Å². The van der Waals surface area contributed by atoms with Crippen molar-refractivity contribution in [3.63, 3.8) is 0 Å². The topological polar surface area (TPSA) is 62.1 Å². The van der Waals surface area contributed by atoms with Gasteiger partial charge in [0.2, 0.25) is 5.95 Å². The first-order chi connectivity index (χ1) is 13.5. The molecule has 5 nitrogen and oxygen atoms in total. The summed E-state index contributed by atoms with van der Waals surface area (Å²) in [6, 6.07) is 19.5. The Hall–Kier alpha value is -3.73. The number of nitrogens with zero attached hydrogens (tertiary/aromatic N) is 4. The number of aliphatic hydroxyl groups is 1.